The summed E-state index contributed by atoms with van der Waals surface area (Å²) in [5, 5.41) is 0. The summed E-state index contributed by atoms with van der Waals surface area (Å²) in [5.41, 5.74) is 1.64. The lowest BCUT2D eigenvalue weighted by Gasteiger charge is -2.33. The molecule has 3 aromatic carbocycles. The van der Waals surface area contributed by atoms with Crippen LogP contribution in [0.25, 0.3) is 0 Å². The summed E-state index contributed by atoms with van der Waals surface area (Å²) < 4.78 is 32.2. The van der Waals surface area contributed by atoms with Crippen molar-refractivity contribution in [3.8, 4) is 0 Å². The van der Waals surface area contributed by atoms with Crippen LogP contribution in [0.4, 0.5) is 8.78 Å². The van der Waals surface area contributed by atoms with Crippen LogP contribution in [0.3, 0.4) is 0 Å². The van der Waals surface area contributed by atoms with E-state index in [1.807, 2.05) is 0 Å². The molecule has 1 aliphatic rings. The molecule has 0 aliphatic carbocycles. The molecule has 1 fully saturated rings. The number of carbonyl (C=O) groups excluding carboxylic acids is 2. The predicted molar refractivity (Wildman–Crippen MR) is 107 cm³/mol. The highest BCUT2D eigenvalue weighted by molar-refractivity contribution is 6.15. The van der Waals surface area contributed by atoms with Gasteiger partial charge in [0.25, 0.3) is 5.91 Å². The second kappa shape index (κ2) is 8.55. The molecule has 1 aliphatic heterocycles. The Morgan fingerprint density at radius 3 is 2.10 bits per heavy atom. The van der Waals surface area contributed by atoms with Gasteiger partial charge in [-0.05, 0) is 48.0 Å². The molecule has 6 heteroatoms. The van der Waals surface area contributed by atoms with E-state index in [0.29, 0.717) is 25.3 Å². The zero-order chi connectivity index (χ0) is 21.1. The molecule has 0 aromatic heterocycles. The molecule has 4 nitrogen and oxygen atoms in total. The number of rotatable bonds is 4. The average Bonchev–Trinajstić information content (AvgIpc) is 2.79. The van der Waals surface area contributed by atoms with Crippen molar-refractivity contribution in [1.29, 1.82) is 0 Å². The fraction of sp³-hybridized carbons (Fsp3) is 0.167. The highest BCUT2D eigenvalue weighted by Gasteiger charge is 2.28. The Labute approximate surface area is 172 Å². The van der Waals surface area contributed by atoms with Gasteiger partial charge < -0.3 is 9.64 Å². The van der Waals surface area contributed by atoms with E-state index in [1.54, 1.807) is 41.3 Å². The van der Waals surface area contributed by atoms with E-state index in [4.69, 9.17) is 4.74 Å². The van der Waals surface area contributed by atoms with Crippen LogP contribution in [-0.2, 0) is 4.74 Å². The first-order chi connectivity index (χ1) is 14.5. The lowest BCUT2D eigenvalue weighted by atomic mass is 9.97. The summed E-state index contributed by atoms with van der Waals surface area (Å²) >= 11 is 0. The van der Waals surface area contributed by atoms with Crippen molar-refractivity contribution in [1.82, 2.24) is 4.90 Å². The summed E-state index contributed by atoms with van der Waals surface area (Å²) in [4.78, 5) is 27.8. The van der Waals surface area contributed by atoms with E-state index in [-0.39, 0.29) is 34.7 Å². The van der Waals surface area contributed by atoms with Crippen LogP contribution in [0, 0.1) is 11.6 Å². The number of morpholine rings is 1. The lowest BCUT2D eigenvalue weighted by Crippen LogP contribution is -2.42. The molecule has 0 unspecified atom stereocenters. The molecule has 0 bridgehead atoms. The topological polar surface area (TPSA) is 46.6 Å². The number of halogens is 2. The third kappa shape index (κ3) is 4.14. The molecule has 3 aromatic rings. The molecular formula is C24H19F2NO3. The highest BCUT2D eigenvalue weighted by Crippen LogP contribution is 2.25. The first-order valence-corrected chi connectivity index (χ1v) is 9.58. The maximum absolute atomic E-state index is 13.2. The molecule has 4 rings (SSSR count). The number of ketones is 1. The molecule has 1 amide bonds. The van der Waals surface area contributed by atoms with Crippen LogP contribution in [0.1, 0.15) is 37.9 Å². The van der Waals surface area contributed by atoms with E-state index < -0.39 is 5.82 Å². The first-order valence-electron chi connectivity index (χ1n) is 9.58. The van der Waals surface area contributed by atoms with Crippen molar-refractivity contribution >= 4 is 11.7 Å². The minimum atomic E-state index is -0.434. The maximum atomic E-state index is 13.2. The molecule has 1 atom stereocenters. The van der Waals surface area contributed by atoms with E-state index >= 15 is 0 Å². The van der Waals surface area contributed by atoms with E-state index in [1.165, 1.54) is 36.4 Å². The monoisotopic (exact) mass is 407 g/mol. The predicted octanol–water partition coefficient (Wildman–Crippen LogP) is 4.41. The molecule has 0 radical (unpaired) electrons. The van der Waals surface area contributed by atoms with Crippen molar-refractivity contribution in [2.24, 2.45) is 0 Å². The first kappa shape index (κ1) is 19.9. The fourth-order valence-electron chi connectivity index (χ4n) is 3.51. The standard InChI is InChI=1S/C24H19F2NO3/c25-18-9-5-16(6-10-18)22-15-27(13-14-30-22)24(29)21-4-2-1-3-20(21)23(28)17-7-11-19(26)12-8-17/h1-12,22H,13-15H2/t22-/m1/s1. The van der Waals surface area contributed by atoms with Crippen molar-refractivity contribution < 1.29 is 23.1 Å². The number of hydrogen-bond donors (Lipinski definition) is 0. The van der Waals surface area contributed by atoms with Crippen molar-refractivity contribution in [3.05, 3.63) is 107 Å². The van der Waals surface area contributed by atoms with Crippen molar-refractivity contribution in [2.45, 2.75) is 6.10 Å². The quantitative estimate of drug-likeness (QED) is 0.602. The van der Waals surface area contributed by atoms with Gasteiger partial charge in [0.1, 0.15) is 17.7 Å². The Kier molecular flexibility index (Phi) is 5.68. The summed E-state index contributed by atoms with van der Waals surface area (Å²) in [7, 11) is 0. The molecule has 1 saturated heterocycles. The summed E-state index contributed by atoms with van der Waals surface area (Å²) in [6.45, 7) is 1.01. The van der Waals surface area contributed by atoms with Crippen LogP contribution >= 0.6 is 0 Å². The second-order valence-corrected chi connectivity index (χ2v) is 7.04. The van der Waals surface area contributed by atoms with Crippen molar-refractivity contribution in [2.75, 3.05) is 19.7 Å². The number of benzene rings is 3. The van der Waals surface area contributed by atoms with Gasteiger partial charge in [-0.25, -0.2) is 8.78 Å². The second-order valence-electron chi connectivity index (χ2n) is 7.04. The van der Waals surface area contributed by atoms with E-state index in [2.05, 4.69) is 0 Å². The Morgan fingerprint density at radius 2 is 1.43 bits per heavy atom. The molecule has 0 spiro atoms. The minimum absolute atomic E-state index is 0.263. The van der Waals surface area contributed by atoms with Gasteiger partial charge in [-0.15, -0.1) is 0 Å². The number of amides is 1. The van der Waals surface area contributed by atoms with Crippen LogP contribution < -0.4 is 0 Å². The third-order valence-corrected chi connectivity index (χ3v) is 5.10. The van der Waals surface area contributed by atoms with Gasteiger partial charge in [-0.1, -0.05) is 30.3 Å². The number of ether oxygens (including phenoxy) is 1. The maximum Gasteiger partial charge on any atom is 0.254 e. The number of carbonyl (C=O) groups is 2. The summed E-state index contributed by atoms with van der Waals surface area (Å²) in [6, 6.07) is 17.8. The minimum Gasteiger partial charge on any atom is -0.370 e. The summed E-state index contributed by atoms with van der Waals surface area (Å²) in [5.74, 6) is -1.40. The van der Waals surface area contributed by atoms with Crippen LogP contribution in [0.15, 0.2) is 72.8 Å². The number of hydrogen-bond acceptors (Lipinski definition) is 3. The van der Waals surface area contributed by atoms with Gasteiger partial charge in [0.15, 0.2) is 5.78 Å². The van der Waals surface area contributed by atoms with Gasteiger partial charge in [0, 0.05) is 17.7 Å². The number of nitrogens with zero attached hydrogens (tertiary/aromatic N) is 1. The van der Waals surface area contributed by atoms with Crippen LogP contribution in [0.5, 0.6) is 0 Å². The Bertz CT molecular complexity index is 1060. The largest absolute Gasteiger partial charge is 0.370 e. The molecule has 1 heterocycles. The molecule has 0 saturated carbocycles. The summed E-state index contributed by atoms with van der Waals surface area (Å²) in [6.07, 6.45) is -0.372. The SMILES string of the molecule is O=C(c1ccc(F)cc1)c1ccccc1C(=O)N1CCO[C@@H](c2ccc(F)cc2)C1. The molecule has 30 heavy (non-hydrogen) atoms. The molecule has 0 N–H and O–H groups in total. The normalized spacial score (nSPS) is 16.3. The molecular weight excluding hydrogens is 388 g/mol. The van der Waals surface area contributed by atoms with Gasteiger partial charge in [0.05, 0.1) is 18.7 Å². The van der Waals surface area contributed by atoms with Gasteiger partial charge in [-0.3, -0.25) is 9.59 Å². The van der Waals surface area contributed by atoms with Crippen molar-refractivity contribution in [3.63, 3.8) is 0 Å². The Morgan fingerprint density at radius 1 is 0.833 bits per heavy atom. The van der Waals surface area contributed by atoms with E-state index in [9.17, 15) is 18.4 Å². The van der Waals surface area contributed by atoms with Gasteiger partial charge in [0.2, 0.25) is 0 Å². The zero-order valence-corrected chi connectivity index (χ0v) is 16.1. The lowest BCUT2D eigenvalue weighted by molar-refractivity contribution is -0.0228. The Hall–Kier alpha value is -3.38. The molecule has 152 valence electrons. The van der Waals surface area contributed by atoms with Gasteiger partial charge in [-0.2, -0.15) is 0 Å². The van der Waals surface area contributed by atoms with Crippen LogP contribution in [0.2, 0.25) is 0 Å². The van der Waals surface area contributed by atoms with Gasteiger partial charge >= 0.3 is 0 Å². The van der Waals surface area contributed by atoms with Crippen LogP contribution in [-0.4, -0.2) is 36.3 Å². The fourth-order valence-corrected chi connectivity index (χ4v) is 3.51. The van der Waals surface area contributed by atoms with E-state index in [0.717, 1.165) is 5.56 Å². The average molecular weight is 407 g/mol. The Balaban J connectivity index is 1.58. The highest BCUT2D eigenvalue weighted by atomic mass is 19.1. The zero-order valence-electron chi connectivity index (χ0n) is 16.1. The third-order valence-electron chi connectivity index (χ3n) is 5.10. The smallest absolute Gasteiger partial charge is 0.254 e.